The van der Waals surface area contributed by atoms with Gasteiger partial charge in [0.1, 0.15) is 17.3 Å². The normalized spacial score (nSPS) is 13.8. The molecule has 0 spiro atoms. The van der Waals surface area contributed by atoms with Gasteiger partial charge >= 0.3 is 6.36 Å². The highest BCUT2D eigenvalue weighted by Gasteiger charge is 2.31. The summed E-state index contributed by atoms with van der Waals surface area (Å²) in [6, 6.07) is 14.0. The van der Waals surface area contributed by atoms with E-state index in [1.165, 1.54) is 30.3 Å². The van der Waals surface area contributed by atoms with Crippen LogP contribution in [0, 0.1) is 0 Å². The van der Waals surface area contributed by atoms with Crippen LogP contribution in [0.15, 0.2) is 54.6 Å². The molecule has 2 aromatic carbocycles. The zero-order chi connectivity index (χ0) is 20.4. The van der Waals surface area contributed by atoms with Crippen molar-refractivity contribution in [3.05, 3.63) is 54.6 Å². The molecule has 29 heavy (non-hydrogen) atoms. The van der Waals surface area contributed by atoms with E-state index in [4.69, 9.17) is 0 Å². The van der Waals surface area contributed by atoms with Gasteiger partial charge in [0.25, 0.3) is 0 Å². The van der Waals surface area contributed by atoms with Crippen LogP contribution in [0.2, 0.25) is 0 Å². The number of rotatable bonds is 6. The van der Waals surface area contributed by atoms with E-state index in [1.54, 1.807) is 24.3 Å². The minimum Gasteiger partial charge on any atom is -0.508 e. The molecule has 9 heteroatoms. The third kappa shape index (κ3) is 5.28. The largest absolute Gasteiger partial charge is 0.573 e. The second-order valence-electron chi connectivity index (χ2n) is 6.63. The second-order valence-corrected chi connectivity index (χ2v) is 6.63. The highest BCUT2D eigenvalue weighted by Crippen LogP contribution is 2.30. The van der Waals surface area contributed by atoms with Crippen LogP contribution in [0.25, 0.3) is 11.3 Å². The van der Waals surface area contributed by atoms with E-state index in [0.29, 0.717) is 34.8 Å². The molecule has 0 aliphatic heterocycles. The lowest BCUT2D eigenvalue weighted by atomic mass is 10.1. The minimum atomic E-state index is -4.77. The molecule has 6 nitrogen and oxygen atoms in total. The van der Waals surface area contributed by atoms with E-state index in [2.05, 4.69) is 25.3 Å². The molecule has 0 unspecified atom stereocenters. The first-order valence-corrected chi connectivity index (χ1v) is 8.92. The molecule has 3 aromatic rings. The Morgan fingerprint density at radius 2 is 1.76 bits per heavy atom. The SMILES string of the molecule is Oc1ccc(Nc2cc(-c3cccc(OC(F)(F)F)c3)nc(NC3CC3)n2)cc1. The number of hydrogen-bond donors (Lipinski definition) is 3. The summed E-state index contributed by atoms with van der Waals surface area (Å²) in [5.41, 5.74) is 1.60. The summed E-state index contributed by atoms with van der Waals surface area (Å²) in [5.74, 6) is 0.661. The summed E-state index contributed by atoms with van der Waals surface area (Å²) >= 11 is 0. The lowest BCUT2D eigenvalue weighted by Gasteiger charge is -2.13. The van der Waals surface area contributed by atoms with E-state index < -0.39 is 6.36 Å². The van der Waals surface area contributed by atoms with Crippen LogP contribution in [-0.2, 0) is 0 Å². The van der Waals surface area contributed by atoms with Crippen molar-refractivity contribution in [1.82, 2.24) is 9.97 Å². The van der Waals surface area contributed by atoms with Crippen molar-refractivity contribution in [2.75, 3.05) is 10.6 Å². The number of alkyl halides is 3. The molecule has 0 radical (unpaired) electrons. The maximum atomic E-state index is 12.5. The lowest BCUT2D eigenvalue weighted by Crippen LogP contribution is -2.17. The van der Waals surface area contributed by atoms with Gasteiger partial charge in [-0.3, -0.25) is 0 Å². The summed E-state index contributed by atoms with van der Waals surface area (Å²) in [6.07, 6.45) is -2.74. The quantitative estimate of drug-likeness (QED) is 0.500. The zero-order valence-electron chi connectivity index (χ0n) is 15.1. The number of anilines is 3. The number of hydrogen-bond acceptors (Lipinski definition) is 6. The van der Waals surface area contributed by atoms with E-state index in [9.17, 15) is 18.3 Å². The van der Waals surface area contributed by atoms with Crippen molar-refractivity contribution >= 4 is 17.5 Å². The van der Waals surface area contributed by atoms with Crippen LogP contribution >= 0.6 is 0 Å². The molecule has 1 heterocycles. The van der Waals surface area contributed by atoms with Gasteiger partial charge in [-0.1, -0.05) is 12.1 Å². The van der Waals surface area contributed by atoms with Crippen LogP contribution in [0.3, 0.4) is 0 Å². The maximum Gasteiger partial charge on any atom is 0.573 e. The molecule has 3 N–H and O–H groups in total. The number of phenols is 1. The van der Waals surface area contributed by atoms with Crippen LogP contribution < -0.4 is 15.4 Å². The molecular formula is C20H17F3N4O2. The molecule has 1 saturated carbocycles. The molecule has 1 aromatic heterocycles. The van der Waals surface area contributed by atoms with Gasteiger partial charge in [0, 0.05) is 23.4 Å². The maximum absolute atomic E-state index is 12.5. The fourth-order valence-electron chi connectivity index (χ4n) is 2.68. The number of halogens is 3. The summed E-state index contributed by atoms with van der Waals surface area (Å²) < 4.78 is 41.6. The Morgan fingerprint density at radius 3 is 2.45 bits per heavy atom. The standard InChI is InChI=1S/C20H17F3N4O2/c21-20(22,23)29-16-3-1-2-12(10-16)17-11-18(24-13-6-8-15(28)9-7-13)27-19(26-17)25-14-4-5-14/h1-3,6-11,14,28H,4-5H2,(H2,24,25,26,27). The summed E-state index contributed by atoms with van der Waals surface area (Å²) in [4.78, 5) is 8.87. The number of benzene rings is 2. The van der Waals surface area contributed by atoms with E-state index in [0.717, 1.165) is 12.8 Å². The number of phenolic OH excluding ortho intramolecular Hbond substituents is 1. The van der Waals surface area contributed by atoms with Crippen molar-refractivity contribution in [3.63, 3.8) is 0 Å². The molecular weight excluding hydrogens is 385 g/mol. The Balaban J connectivity index is 1.66. The molecule has 0 saturated heterocycles. The van der Waals surface area contributed by atoms with E-state index in [-0.39, 0.29) is 11.5 Å². The van der Waals surface area contributed by atoms with Crippen LogP contribution in [-0.4, -0.2) is 27.5 Å². The van der Waals surface area contributed by atoms with Crippen molar-refractivity contribution in [2.45, 2.75) is 25.2 Å². The van der Waals surface area contributed by atoms with Crippen LogP contribution in [0.5, 0.6) is 11.5 Å². The fourth-order valence-corrected chi connectivity index (χ4v) is 2.68. The first-order valence-electron chi connectivity index (χ1n) is 8.92. The van der Waals surface area contributed by atoms with Crippen molar-refractivity contribution in [3.8, 4) is 22.8 Å². The van der Waals surface area contributed by atoms with Gasteiger partial charge in [0.2, 0.25) is 5.95 Å². The van der Waals surface area contributed by atoms with Gasteiger partial charge in [-0.25, -0.2) is 4.98 Å². The van der Waals surface area contributed by atoms with Gasteiger partial charge in [-0.15, -0.1) is 13.2 Å². The highest BCUT2D eigenvalue weighted by molar-refractivity contribution is 5.68. The number of nitrogens with one attached hydrogen (secondary N) is 2. The molecule has 0 bridgehead atoms. The fraction of sp³-hybridized carbons (Fsp3) is 0.200. The molecule has 1 aliphatic rings. The minimum absolute atomic E-state index is 0.136. The third-order valence-corrected chi connectivity index (χ3v) is 4.14. The Bertz CT molecular complexity index is 1010. The number of aromatic nitrogens is 2. The van der Waals surface area contributed by atoms with Gasteiger partial charge in [-0.05, 0) is 49.2 Å². The average molecular weight is 402 g/mol. The number of aromatic hydroxyl groups is 1. The third-order valence-electron chi connectivity index (χ3n) is 4.14. The smallest absolute Gasteiger partial charge is 0.508 e. The predicted molar refractivity (Wildman–Crippen MR) is 102 cm³/mol. The zero-order valence-corrected chi connectivity index (χ0v) is 15.1. The predicted octanol–water partition coefficient (Wildman–Crippen LogP) is 5.07. The Kier molecular flexibility index (Phi) is 4.87. The van der Waals surface area contributed by atoms with E-state index in [1.807, 2.05) is 0 Å². The molecule has 0 amide bonds. The van der Waals surface area contributed by atoms with Crippen molar-refractivity contribution in [2.24, 2.45) is 0 Å². The van der Waals surface area contributed by atoms with Gasteiger partial charge in [0.05, 0.1) is 5.69 Å². The Labute approximate surface area is 164 Å². The Hall–Kier alpha value is -3.49. The van der Waals surface area contributed by atoms with Crippen molar-refractivity contribution in [1.29, 1.82) is 0 Å². The van der Waals surface area contributed by atoms with E-state index >= 15 is 0 Å². The second kappa shape index (κ2) is 7.50. The highest BCUT2D eigenvalue weighted by atomic mass is 19.4. The first-order chi connectivity index (χ1) is 13.8. The van der Waals surface area contributed by atoms with Crippen LogP contribution in [0.4, 0.5) is 30.6 Å². The molecule has 1 fully saturated rings. The molecule has 0 atom stereocenters. The van der Waals surface area contributed by atoms with Gasteiger partial charge < -0.3 is 20.5 Å². The summed E-state index contributed by atoms with van der Waals surface area (Å²) in [5, 5.41) is 15.7. The number of nitrogens with zero attached hydrogens (tertiary/aromatic N) is 2. The molecule has 1 aliphatic carbocycles. The van der Waals surface area contributed by atoms with Gasteiger partial charge in [-0.2, -0.15) is 4.98 Å². The van der Waals surface area contributed by atoms with Gasteiger partial charge in [0.15, 0.2) is 0 Å². The monoisotopic (exact) mass is 402 g/mol. The number of ether oxygens (including phenoxy) is 1. The topological polar surface area (TPSA) is 79.3 Å². The molecule has 150 valence electrons. The van der Waals surface area contributed by atoms with Crippen molar-refractivity contribution < 1.29 is 23.0 Å². The lowest BCUT2D eigenvalue weighted by molar-refractivity contribution is -0.274. The first kappa shape index (κ1) is 18.9. The molecule has 4 rings (SSSR count). The average Bonchev–Trinajstić information content (AvgIpc) is 3.46. The summed E-state index contributed by atoms with van der Waals surface area (Å²) in [6.45, 7) is 0. The Morgan fingerprint density at radius 1 is 1.00 bits per heavy atom. The summed E-state index contributed by atoms with van der Waals surface area (Å²) in [7, 11) is 0. The van der Waals surface area contributed by atoms with Crippen LogP contribution in [0.1, 0.15) is 12.8 Å².